The first-order chi connectivity index (χ1) is 9.17. The van der Waals surface area contributed by atoms with Gasteiger partial charge in [-0.15, -0.1) is 0 Å². The van der Waals surface area contributed by atoms with Crippen LogP contribution in [-0.4, -0.2) is 28.8 Å². The van der Waals surface area contributed by atoms with Gasteiger partial charge in [0.15, 0.2) is 0 Å². The first-order valence-electron chi connectivity index (χ1n) is 6.15. The molecule has 1 rings (SSSR count). The van der Waals surface area contributed by atoms with Crippen LogP contribution in [0.4, 0.5) is 4.79 Å². The molecule has 21 heavy (non-hydrogen) atoms. The third kappa shape index (κ3) is 8.42. The van der Waals surface area contributed by atoms with Crippen molar-refractivity contribution in [1.29, 1.82) is 0 Å². The van der Waals surface area contributed by atoms with Gasteiger partial charge in [-0.3, -0.25) is 0 Å². The topological polar surface area (TPSA) is 98.7 Å². The summed E-state index contributed by atoms with van der Waals surface area (Å²) in [6, 6.07) is 4.82. The van der Waals surface area contributed by atoms with E-state index in [1.54, 1.807) is 32.9 Å². The molecule has 7 heteroatoms. The van der Waals surface area contributed by atoms with Crippen molar-refractivity contribution in [3.63, 3.8) is 0 Å². The van der Waals surface area contributed by atoms with Crippen molar-refractivity contribution in [3.8, 4) is 5.75 Å². The molecule has 1 aromatic rings. The van der Waals surface area contributed by atoms with E-state index in [0.717, 1.165) is 0 Å². The van der Waals surface area contributed by atoms with Crippen LogP contribution >= 0.6 is 0 Å². The molecule has 0 saturated carbocycles. The van der Waals surface area contributed by atoms with Crippen molar-refractivity contribution < 1.29 is 75.9 Å². The minimum Gasteiger partial charge on any atom is -0.548 e. The number of carbonyl (C=O) groups excluding carboxylic acids is 2. The van der Waals surface area contributed by atoms with E-state index in [1.165, 1.54) is 12.1 Å². The van der Waals surface area contributed by atoms with Crippen LogP contribution in [-0.2, 0) is 16.0 Å². The summed E-state index contributed by atoms with van der Waals surface area (Å²) < 4.78 is 4.99. The van der Waals surface area contributed by atoms with Gasteiger partial charge in [-0.2, -0.15) is 0 Å². The number of benzene rings is 1. The fourth-order valence-corrected chi connectivity index (χ4v) is 1.51. The Balaban J connectivity index is 0.00000400. The van der Waals surface area contributed by atoms with E-state index < -0.39 is 23.7 Å². The standard InChI is InChI=1S/C14H19NO5.K/c1-14(2,3)20-13(19)15-11(12(17)18)8-9-4-6-10(16)7-5-9;/h4-7,11,16H,8H2,1-3H3,(H,15,19)(H,17,18);/q;+1/p-1/t11-;/m0./s1. The predicted molar refractivity (Wildman–Crippen MR) is 70.0 cm³/mol. The van der Waals surface area contributed by atoms with Crippen molar-refractivity contribution in [2.45, 2.75) is 38.8 Å². The van der Waals surface area contributed by atoms with Gasteiger partial charge >= 0.3 is 57.5 Å². The smallest absolute Gasteiger partial charge is 0.548 e. The molecule has 1 aromatic carbocycles. The maximum atomic E-state index is 11.6. The number of carboxylic acid groups (broad SMARTS) is 1. The SMILES string of the molecule is CC(C)(C)OC(=O)N[C@@H](Cc1ccc(O)cc1)C(=O)[O-].[K+]. The summed E-state index contributed by atoms with van der Waals surface area (Å²) in [5.74, 6) is -1.32. The van der Waals surface area contributed by atoms with Gasteiger partial charge < -0.3 is 25.1 Å². The van der Waals surface area contributed by atoms with Crippen LogP contribution in [0.15, 0.2) is 24.3 Å². The molecule has 0 aliphatic heterocycles. The summed E-state index contributed by atoms with van der Waals surface area (Å²) in [7, 11) is 0. The molecule has 0 fully saturated rings. The molecular formula is C14H18KNO5. The van der Waals surface area contributed by atoms with E-state index in [0.29, 0.717) is 5.56 Å². The summed E-state index contributed by atoms with van der Waals surface area (Å²) in [6.45, 7) is 5.04. The summed E-state index contributed by atoms with van der Waals surface area (Å²) in [5.41, 5.74) is -0.0629. The molecule has 0 bridgehead atoms. The van der Waals surface area contributed by atoms with Crippen molar-refractivity contribution in [3.05, 3.63) is 29.8 Å². The van der Waals surface area contributed by atoms with Gasteiger partial charge in [-0.05, 0) is 44.9 Å². The zero-order chi connectivity index (χ0) is 15.3. The van der Waals surface area contributed by atoms with Crippen molar-refractivity contribution >= 4 is 12.1 Å². The van der Waals surface area contributed by atoms with E-state index in [1.807, 2.05) is 0 Å². The third-order valence-corrected chi connectivity index (χ3v) is 2.35. The second-order valence-corrected chi connectivity index (χ2v) is 5.39. The Morgan fingerprint density at radius 3 is 2.24 bits per heavy atom. The second kappa shape index (κ2) is 8.75. The molecule has 0 aromatic heterocycles. The average molecular weight is 319 g/mol. The number of phenolic OH excluding ortho intramolecular Hbond substituents is 1. The molecule has 0 radical (unpaired) electrons. The minimum absolute atomic E-state index is 0. The first kappa shape index (κ1) is 20.4. The number of aliphatic carboxylic acids is 1. The number of carbonyl (C=O) groups is 2. The third-order valence-electron chi connectivity index (χ3n) is 2.35. The number of aromatic hydroxyl groups is 1. The number of ether oxygens (including phenoxy) is 1. The van der Waals surface area contributed by atoms with Gasteiger partial charge in [0.25, 0.3) is 0 Å². The Bertz CT molecular complexity index is 481. The molecule has 110 valence electrons. The molecule has 1 atom stereocenters. The fraction of sp³-hybridized carbons (Fsp3) is 0.429. The monoisotopic (exact) mass is 319 g/mol. The Hall–Kier alpha value is -0.604. The summed E-state index contributed by atoms with van der Waals surface area (Å²) in [6.07, 6.45) is -0.771. The summed E-state index contributed by atoms with van der Waals surface area (Å²) >= 11 is 0. The molecular weight excluding hydrogens is 301 g/mol. The van der Waals surface area contributed by atoms with E-state index in [-0.39, 0.29) is 63.6 Å². The number of carboxylic acids is 1. The molecule has 0 aliphatic rings. The fourth-order valence-electron chi connectivity index (χ4n) is 1.51. The van der Waals surface area contributed by atoms with E-state index in [9.17, 15) is 14.7 Å². The minimum atomic E-state index is -1.40. The van der Waals surface area contributed by atoms with Crippen LogP contribution in [0.25, 0.3) is 0 Å². The number of rotatable bonds is 4. The number of nitrogens with one attached hydrogen (secondary N) is 1. The molecule has 1 amide bonds. The zero-order valence-electron chi connectivity index (χ0n) is 12.7. The largest absolute Gasteiger partial charge is 1.00 e. The molecule has 0 aliphatic carbocycles. The van der Waals surface area contributed by atoms with Crippen LogP contribution in [0.1, 0.15) is 26.3 Å². The van der Waals surface area contributed by atoms with Crippen molar-refractivity contribution in [1.82, 2.24) is 5.32 Å². The van der Waals surface area contributed by atoms with Gasteiger partial charge in [-0.25, -0.2) is 4.79 Å². The van der Waals surface area contributed by atoms with Gasteiger partial charge in [0.05, 0.1) is 12.0 Å². The molecule has 0 unspecified atom stereocenters. The van der Waals surface area contributed by atoms with E-state index >= 15 is 0 Å². The molecule has 6 nitrogen and oxygen atoms in total. The van der Waals surface area contributed by atoms with Gasteiger partial charge in [0.1, 0.15) is 11.4 Å². The molecule has 0 saturated heterocycles. The summed E-state index contributed by atoms with van der Waals surface area (Å²) in [5, 5.41) is 22.4. The maximum absolute atomic E-state index is 11.6. The molecule has 0 spiro atoms. The van der Waals surface area contributed by atoms with Gasteiger partial charge in [-0.1, -0.05) is 12.1 Å². The Labute approximate surface area is 166 Å². The number of amides is 1. The number of alkyl carbamates (subject to hydrolysis) is 1. The van der Waals surface area contributed by atoms with Crippen LogP contribution in [0.3, 0.4) is 0 Å². The molecule has 0 heterocycles. The Morgan fingerprint density at radius 2 is 1.81 bits per heavy atom. The van der Waals surface area contributed by atoms with E-state index in [2.05, 4.69) is 5.32 Å². The predicted octanol–water partition coefficient (Wildman–Crippen LogP) is -2.42. The van der Waals surface area contributed by atoms with Crippen molar-refractivity contribution in [2.24, 2.45) is 0 Å². The Kier molecular flexibility index (Phi) is 8.49. The molecule has 2 N–H and O–H groups in total. The van der Waals surface area contributed by atoms with Gasteiger partial charge in [0.2, 0.25) is 0 Å². The Morgan fingerprint density at radius 1 is 1.29 bits per heavy atom. The van der Waals surface area contributed by atoms with Gasteiger partial charge in [0, 0.05) is 0 Å². The second-order valence-electron chi connectivity index (χ2n) is 5.39. The quantitative estimate of drug-likeness (QED) is 0.602. The number of phenols is 1. The zero-order valence-corrected chi connectivity index (χ0v) is 15.8. The summed E-state index contributed by atoms with van der Waals surface area (Å²) in [4.78, 5) is 22.6. The first-order valence-corrected chi connectivity index (χ1v) is 6.15. The van der Waals surface area contributed by atoms with E-state index in [4.69, 9.17) is 9.84 Å². The maximum Gasteiger partial charge on any atom is 1.00 e. The van der Waals surface area contributed by atoms with Crippen molar-refractivity contribution in [2.75, 3.05) is 0 Å². The van der Waals surface area contributed by atoms with Crippen LogP contribution in [0.5, 0.6) is 5.75 Å². The van der Waals surface area contributed by atoms with Crippen LogP contribution < -0.4 is 61.8 Å². The number of hydrogen-bond donors (Lipinski definition) is 2. The number of hydrogen-bond acceptors (Lipinski definition) is 5. The average Bonchev–Trinajstić information content (AvgIpc) is 2.28. The van der Waals surface area contributed by atoms with Crippen LogP contribution in [0.2, 0.25) is 0 Å². The van der Waals surface area contributed by atoms with Crippen LogP contribution in [0, 0.1) is 0 Å². The normalized spacial score (nSPS) is 12.0.